The van der Waals surface area contributed by atoms with Crippen LogP contribution in [-0.4, -0.2) is 35.0 Å². The van der Waals surface area contributed by atoms with Crippen molar-refractivity contribution in [3.05, 3.63) is 33.9 Å². The molecule has 26 heavy (non-hydrogen) atoms. The first kappa shape index (κ1) is 17.9. The van der Waals surface area contributed by atoms with E-state index in [4.69, 9.17) is 14.5 Å². The van der Waals surface area contributed by atoms with Gasteiger partial charge >= 0.3 is 0 Å². The van der Waals surface area contributed by atoms with Crippen LogP contribution in [0, 0.1) is 12.8 Å². The zero-order valence-corrected chi connectivity index (χ0v) is 16.1. The number of rotatable bonds is 6. The van der Waals surface area contributed by atoms with Gasteiger partial charge in [-0.1, -0.05) is 6.42 Å². The predicted octanol–water partition coefficient (Wildman–Crippen LogP) is 3.82. The normalized spacial score (nSPS) is 18.8. The van der Waals surface area contributed by atoms with Gasteiger partial charge in [-0.3, -0.25) is 4.79 Å². The maximum atomic E-state index is 12.5. The number of aromatic nitrogens is 2. The number of fused-ring (bicyclic) bond motifs is 1. The second-order valence-corrected chi connectivity index (χ2v) is 8.67. The number of H-pyrrole nitrogens is 1. The summed E-state index contributed by atoms with van der Waals surface area (Å²) in [6.45, 7) is 4.38. The van der Waals surface area contributed by atoms with Crippen molar-refractivity contribution in [2.24, 2.45) is 5.92 Å². The van der Waals surface area contributed by atoms with Crippen LogP contribution >= 0.6 is 11.8 Å². The third-order valence-electron chi connectivity index (χ3n) is 5.36. The van der Waals surface area contributed by atoms with Gasteiger partial charge in [0.2, 0.25) is 0 Å². The Labute approximate surface area is 157 Å². The molecule has 0 bridgehead atoms. The van der Waals surface area contributed by atoms with Crippen LogP contribution in [0.4, 0.5) is 0 Å². The lowest BCUT2D eigenvalue weighted by atomic mass is 9.86. The average molecular weight is 375 g/mol. The second-order valence-electron chi connectivity index (χ2n) is 7.38. The fourth-order valence-corrected chi connectivity index (χ4v) is 4.61. The van der Waals surface area contributed by atoms with Crippen LogP contribution < -0.4 is 10.3 Å². The van der Waals surface area contributed by atoms with Crippen molar-refractivity contribution >= 4 is 22.7 Å². The van der Waals surface area contributed by atoms with Crippen molar-refractivity contribution in [2.75, 3.05) is 19.8 Å². The predicted molar refractivity (Wildman–Crippen MR) is 105 cm³/mol. The molecule has 0 unspecified atom stereocenters. The molecule has 1 aromatic carbocycles. The second kappa shape index (κ2) is 8.01. The van der Waals surface area contributed by atoms with E-state index in [1.807, 2.05) is 30.8 Å². The van der Waals surface area contributed by atoms with E-state index >= 15 is 0 Å². The average Bonchev–Trinajstić information content (AvgIpc) is 2.59. The van der Waals surface area contributed by atoms with Crippen LogP contribution in [-0.2, 0) is 10.5 Å². The number of nitrogens with one attached hydrogen (secondary N) is 1. The number of aromatic amines is 1. The Kier molecular flexibility index (Phi) is 5.50. The van der Waals surface area contributed by atoms with Crippen LogP contribution in [0.3, 0.4) is 0 Å². The third-order valence-corrected chi connectivity index (χ3v) is 6.75. The minimum absolute atomic E-state index is 0.0550. The van der Waals surface area contributed by atoms with Gasteiger partial charge in [-0.2, -0.15) is 11.8 Å². The highest BCUT2D eigenvalue weighted by Gasteiger charge is 2.19. The van der Waals surface area contributed by atoms with Gasteiger partial charge in [-0.05, 0) is 50.2 Å². The van der Waals surface area contributed by atoms with Crippen molar-refractivity contribution in [2.45, 2.75) is 50.0 Å². The quantitative estimate of drug-likeness (QED) is 0.833. The van der Waals surface area contributed by atoms with Crippen LogP contribution in [0.2, 0.25) is 0 Å². The van der Waals surface area contributed by atoms with Gasteiger partial charge in [0.25, 0.3) is 5.56 Å². The van der Waals surface area contributed by atoms with Gasteiger partial charge < -0.3 is 14.5 Å². The van der Waals surface area contributed by atoms with Crippen LogP contribution in [0.15, 0.2) is 16.9 Å². The molecular weight excluding hydrogens is 348 g/mol. The van der Waals surface area contributed by atoms with E-state index in [-0.39, 0.29) is 5.56 Å². The molecule has 0 spiro atoms. The fraction of sp³-hybridized carbons (Fsp3) is 0.600. The van der Waals surface area contributed by atoms with Crippen LogP contribution in [0.5, 0.6) is 5.75 Å². The number of benzene rings is 1. The van der Waals surface area contributed by atoms with Crippen molar-refractivity contribution < 1.29 is 9.47 Å². The Morgan fingerprint density at radius 3 is 2.81 bits per heavy atom. The fourth-order valence-electron chi connectivity index (χ4n) is 3.55. The lowest BCUT2D eigenvalue weighted by Crippen LogP contribution is -2.19. The van der Waals surface area contributed by atoms with Crippen molar-refractivity contribution in [1.82, 2.24) is 9.97 Å². The van der Waals surface area contributed by atoms with Crippen LogP contribution in [0.25, 0.3) is 10.9 Å². The van der Waals surface area contributed by atoms with Gasteiger partial charge in [-0.25, -0.2) is 4.98 Å². The number of thioether (sulfide) groups is 1. The summed E-state index contributed by atoms with van der Waals surface area (Å²) in [6.07, 6.45) is 5.98. The monoisotopic (exact) mass is 374 g/mol. The van der Waals surface area contributed by atoms with Gasteiger partial charge in [0, 0.05) is 24.5 Å². The molecule has 4 rings (SSSR count). The molecule has 1 aliphatic heterocycles. The first-order valence-electron chi connectivity index (χ1n) is 9.55. The molecule has 0 atom stereocenters. The third kappa shape index (κ3) is 4.07. The van der Waals surface area contributed by atoms with E-state index in [9.17, 15) is 4.79 Å². The number of hydrogen-bond acceptors (Lipinski definition) is 5. The maximum Gasteiger partial charge on any atom is 0.259 e. The van der Waals surface area contributed by atoms with E-state index in [1.54, 1.807) is 0 Å². The Hall–Kier alpha value is -1.53. The molecule has 1 aromatic heterocycles. The molecule has 2 fully saturated rings. The minimum atomic E-state index is -0.0550. The Bertz CT molecular complexity index is 826. The van der Waals surface area contributed by atoms with Crippen LogP contribution in [0.1, 0.15) is 43.5 Å². The van der Waals surface area contributed by atoms with Crippen molar-refractivity contribution in [3.63, 3.8) is 0 Å². The molecular formula is C20H26N2O3S. The van der Waals surface area contributed by atoms with E-state index in [0.29, 0.717) is 16.6 Å². The summed E-state index contributed by atoms with van der Waals surface area (Å²) in [4.78, 5) is 20.2. The molecule has 2 heterocycles. The molecule has 0 radical (unpaired) electrons. The summed E-state index contributed by atoms with van der Waals surface area (Å²) in [5.41, 5.74) is 1.60. The SMILES string of the molecule is Cc1cc(OCC2CCC2)cc2nc(CSC3CCOCC3)[nH]c(=O)c12. The summed E-state index contributed by atoms with van der Waals surface area (Å²) in [6, 6.07) is 3.87. The Balaban J connectivity index is 1.51. The lowest BCUT2D eigenvalue weighted by molar-refractivity contribution is 0.1000. The smallest absolute Gasteiger partial charge is 0.259 e. The van der Waals surface area contributed by atoms with E-state index in [1.165, 1.54) is 19.3 Å². The summed E-state index contributed by atoms with van der Waals surface area (Å²) in [7, 11) is 0. The zero-order chi connectivity index (χ0) is 17.9. The zero-order valence-electron chi connectivity index (χ0n) is 15.3. The largest absolute Gasteiger partial charge is 0.493 e. The highest BCUT2D eigenvalue weighted by atomic mass is 32.2. The van der Waals surface area contributed by atoms with Gasteiger partial charge in [0.1, 0.15) is 11.6 Å². The first-order chi connectivity index (χ1) is 12.7. The van der Waals surface area contributed by atoms with E-state index in [2.05, 4.69) is 4.98 Å². The number of hydrogen-bond donors (Lipinski definition) is 1. The molecule has 6 heteroatoms. The molecule has 2 aromatic rings. The molecule has 1 N–H and O–H groups in total. The summed E-state index contributed by atoms with van der Waals surface area (Å²) in [5.74, 6) is 2.98. The molecule has 1 saturated carbocycles. The molecule has 140 valence electrons. The number of aryl methyl sites for hydroxylation is 1. The number of ether oxygens (including phenoxy) is 2. The topological polar surface area (TPSA) is 64.2 Å². The standard InChI is InChI=1S/C20H26N2O3S/c1-13-9-15(25-11-14-3-2-4-14)10-17-19(13)20(23)22-18(21-17)12-26-16-5-7-24-8-6-16/h9-10,14,16H,2-8,11-12H2,1H3,(H,21,22,23). The lowest BCUT2D eigenvalue weighted by Gasteiger charge is -2.25. The molecule has 2 aliphatic rings. The van der Waals surface area contributed by atoms with E-state index in [0.717, 1.165) is 61.1 Å². The van der Waals surface area contributed by atoms with Gasteiger partial charge in [0.05, 0.1) is 23.3 Å². The molecule has 5 nitrogen and oxygen atoms in total. The first-order valence-corrected chi connectivity index (χ1v) is 10.6. The Morgan fingerprint density at radius 1 is 1.27 bits per heavy atom. The van der Waals surface area contributed by atoms with Gasteiger partial charge in [0.15, 0.2) is 0 Å². The molecule has 1 saturated heterocycles. The molecule has 0 amide bonds. The highest BCUT2D eigenvalue weighted by Crippen LogP contribution is 2.29. The highest BCUT2D eigenvalue weighted by molar-refractivity contribution is 7.99. The maximum absolute atomic E-state index is 12.5. The van der Waals surface area contributed by atoms with Crippen molar-refractivity contribution in [1.29, 1.82) is 0 Å². The molecule has 1 aliphatic carbocycles. The summed E-state index contributed by atoms with van der Waals surface area (Å²) >= 11 is 1.86. The van der Waals surface area contributed by atoms with Gasteiger partial charge in [-0.15, -0.1) is 0 Å². The van der Waals surface area contributed by atoms with E-state index < -0.39 is 0 Å². The summed E-state index contributed by atoms with van der Waals surface area (Å²) < 4.78 is 11.4. The minimum Gasteiger partial charge on any atom is -0.493 e. The number of nitrogens with zero attached hydrogens (tertiary/aromatic N) is 1. The Morgan fingerprint density at radius 2 is 2.08 bits per heavy atom. The van der Waals surface area contributed by atoms with Crippen molar-refractivity contribution in [3.8, 4) is 5.75 Å². The summed E-state index contributed by atoms with van der Waals surface area (Å²) in [5, 5.41) is 1.25.